The van der Waals surface area contributed by atoms with Gasteiger partial charge in [-0.3, -0.25) is 0 Å². The second-order valence-corrected chi connectivity index (χ2v) is 5.90. The lowest BCUT2D eigenvalue weighted by molar-refractivity contribution is 0.190. The highest BCUT2D eigenvalue weighted by Crippen LogP contribution is 2.21. The van der Waals surface area contributed by atoms with Crippen LogP contribution in [0.5, 0.6) is 0 Å². The van der Waals surface area contributed by atoms with Crippen molar-refractivity contribution in [3.05, 3.63) is 29.7 Å². The van der Waals surface area contributed by atoms with Crippen molar-refractivity contribution in [1.82, 2.24) is 10.1 Å². The van der Waals surface area contributed by atoms with Gasteiger partial charge in [0.1, 0.15) is 5.82 Å². The van der Waals surface area contributed by atoms with Gasteiger partial charge in [0.15, 0.2) is 5.58 Å². The van der Waals surface area contributed by atoms with Gasteiger partial charge >= 0.3 is 0 Å². The van der Waals surface area contributed by atoms with E-state index in [1.165, 1.54) is 38.1 Å². The molecule has 0 bridgehead atoms. The normalized spacial score (nSPS) is 17.0. The second kappa shape index (κ2) is 7.23. The molecule has 0 N–H and O–H groups in total. The second-order valence-electron chi connectivity index (χ2n) is 5.90. The van der Waals surface area contributed by atoms with E-state index in [1.54, 1.807) is 6.07 Å². The first-order chi connectivity index (χ1) is 9.72. The third kappa shape index (κ3) is 3.95. The van der Waals surface area contributed by atoms with Gasteiger partial charge in [0, 0.05) is 11.5 Å². The van der Waals surface area contributed by atoms with E-state index >= 15 is 0 Å². The lowest BCUT2D eigenvalue weighted by atomic mass is 9.99. The van der Waals surface area contributed by atoms with Crippen molar-refractivity contribution >= 4 is 23.4 Å². The third-order valence-electron chi connectivity index (χ3n) is 4.27. The first-order valence-corrected chi connectivity index (χ1v) is 7.48. The van der Waals surface area contributed by atoms with Crippen LogP contribution in [0.2, 0.25) is 0 Å². The van der Waals surface area contributed by atoms with Crippen molar-refractivity contribution in [2.45, 2.75) is 32.6 Å². The number of aryl methyl sites for hydroxylation is 1. The summed E-state index contributed by atoms with van der Waals surface area (Å²) in [4.78, 5) is 2.53. The van der Waals surface area contributed by atoms with Crippen LogP contribution in [0.15, 0.2) is 22.7 Å². The third-order valence-corrected chi connectivity index (χ3v) is 4.27. The fourth-order valence-electron chi connectivity index (χ4n) is 2.90. The molecular weight excluding hydrogens is 291 g/mol. The zero-order valence-corrected chi connectivity index (χ0v) is 13.2. The lowest BCUT2D eigenvalue weighted by Gasteiger charge is -2.29. The molecule has 0 spiro atoms. The van der Waals surface area contributed by atoms with Crippen molar-refractivity contribution in [3.63, 3.8) is 0 Å². The Morgan fingerprint density at radius 2 is 2.10 bits per heavy atom. The van der Waals surface area contributed by atoms with E-state index in [4.69, 9.17) is 4.52 Å². The first-order valence-electron chi connectivity index (χ1n) is 7.48. The zero-order chi connectivity index (χ0) is 13.9. The Bertz CT molecular complexity index is 579. The highest BCUT2D eigenvalue weighted by atomic mass is 35.5. The van der Waals surface area contributed by atoms with Gasteiger partial charge in [-0.2, -0.15) is 0 Å². The Labute approximate surface area is 130 Å². The smallest absolute Gasteiger partial charge is 0.170 e. The summed E-state index contributed by atoms with van der Waals surface area (Å²) < 4.78 is 18.3. The van der Waals surface area contributed by atoms with Crippen LogP contribution in [-0.4, -0.2) is 29.7 Å². The fraction of sp³-hybridized carbons (Fsp3) is 0.562. The largest absolute Gasteiger partial charge is 0.356 e. The molecule has 1 fully saturated rings. The average Bonchev–Trinajstić information content (AvgIpc) is 2.83. The van der Waals surface area contributed by atoms with Crippen LogP contribution in [0.3, 0.4) is 0 Å². The number of benzene rings is 1. The molecule has 2 heterocycles. The Kier molecular flexibility index (Phi) is 5.59. The number of nitrogens with zero attached hydrogens (tertiary/aromatic N) is 2. The van der Waals surface area contributed by atoms with Gasteiger partial charge in [0.25, 0.3) is 0 Å². The van der Waals surface area contributed by atoms with E-state index in [-0.39, 0.29) is 18.2 Å². The summed E-state index contributed by atoms with van der Waals surface area (Å²) >= 11 is 0. The van der Waals surface area contributed by atoms with Crippen molar-refractivity contribution in [1.29, 1.82) is 0 Å². The van der Waals surface area contributed by atoms with Crippen LogP contribution in [-0.2, 0) is 6.42 Å². The predicted octanol–water partition coefficient (Wildman–Crippen LogP) is 4.05. The fourth-order valence-corrected chi connectivity index (χ4v) is 2.90. The molecule has 0 amide bonds. The van der Waals surface area contributed by atoms with E-state index < -0.39 is 0 Å². The number of halogens is 2. The number of rotatable bonds is 4. The minimum atomic E-state index is -0.275. The van der Waals surface area contributed by atoms with Crippen molar-refractivity contribution in [2.24, 2.45) is 5.92 Å². The van der Waals surface area contributed by atoms with Crippen LogP contribution < -0.4 is 0 Å². The van der Waals surface area contributed by atoms with Crippen molar-refractivity contribution in [3.8, 4) is 0 Å². The maximum Gasteiger partial charge on any atom is 0.170 e. The van der Waals surface area contributed by atoms with E-state index in [2.05, 4.69) is 17.0 Å². The summed E-state index contributed by atoms with van der Waals surface area (Å²) in [5.41, 5.74) is 1.50. The highest BCUT2D eigenvalue weighted by Gasteiger charge is 2.15. The molecule has 1 aliphatic heterocycles. The number of aromatic nitrogens is 1. The van der Waals surface area contributed by atoms with E-state index in [9.17, 15) is 4.39 Å². The lowest BCUT2D eigenvalue weighted by Crippen LogP contribution is -2.33. The first kappa shape index (κ1) is 16.2. The molecule has 0 unspecified atom stereocenters. The average molecular weight is 313 g/mol. The minimum Gasteiger partial charge on any atom is -0.356 e. The molecule has 2 aromatic rings. The Hall–Kier alpha value is -1.13. The van der Waals surface area contributed by atoms with Gasteiger partial charge in [-0.15, -0.1) is 12.4 Å². The van der Waals surface area contributed by atoms with E-state index in [0.717, 1.165) is 36.4 Å². The quantitative estimate of drug-likeness (QED) is 0.853. The molecule has 0 saturated carbocycles. The monoisotopic (exact) mass is 312 g/mol. The van der Waals surface area contributed by atoms with Crippen molar-refractivity contribution < 1.29 is 8.91 Å². The summed E-state index contributed by atoms with van der Waals surface area (Å²) in [6, 6.07) is 4.63. The highest BCUT2D eigenvalue weighted by molar-refractivity contribution is 5.85. The summed E-state index contributed by atoms with van der Waals surface area (Å²) in [5.74, 6) is 0.600. The number of piperidine rings is 1. The summed E-state index contributed by atoms with van der Waals surface area (Å²) in [5, 5.41) is 5.01. The SMILES string of the molecule is CC1CCN(CCCc2noc3cc(F)ccc23)CC1.Cl. The molecule has 21 heavy (non-hydrogen) atoms. The van der Waals surface area contributed by atoms with Crippen LogP contribution in [0.4, 0.5) is 4.39 Å². The molecule has 1 aromatic heterocycles. The van der Waals surface area contributed by atoms with Gasteiger partial charge in [-0.05, 0) is 63.4 Å². The molecule has 1 aromatic carbocycles. The number of fused-ring (bicyclic) bond motifs is 1. The van der Waals surface area contributed by atoms with Gasteiger partial charge in [0.2, 0.25) is 0 Å². The Morgan fingerprint density at radius 1 is 1.33 bits per heavy atom. The molecule has 1 saturated heterocycles. The molecule has 0 radical (unpaired) electrons. The number of likely N-dealkylation sites (tertiary alicyclic amines) is 1. The molecule has 1 aliphatic rings. The Morgan fingerprint density at radius 3 is 2.86 bits per heavy atom. The summed E-state index contributed by atoms with van der Waals surface area (Å²) in [7, 11) is 0. The standard InChI is InChI=1S/C16H21FN2O.ClH/c1-12-6-9-19(10-7-12)8-2-3-15-14-5-4-13(17)11-16(14)20-18-15;/h4-5,11-12H,2-3,6-10H2,1H3;1H. The topological polar surface area (TPSA) is 29.3 Å². The zero-order valence-electron chi connectivity index (χ0n) is 12.3. The van der Waals surface area contributed by atoms with Gasteiger partial charge < -0.3 is 9.42 Å². The van der Waals surface area contributed by atoms with Gasteiger partial charge in [0.05, 0.1) is 5.69 Å². The summed E-state index contributed by atoms with van der Waals surface area (Å²) in [6.45, 7) is 5.87. The Balaban J connectivity index is 0.00000161. The van der Waals surface area contributed by atoms with Crippen LogP contribution in [0.1, 0.15) is 31.9 Å². The molecule has 5 heteroatoms. The minimum absolute atomic E-state index is 0. The maximum absolute atomic E-state index is 13.1. The molecular formula is C16H22ClFN2O. The molecule has 116 valence electrons. The molecule has 0 atom stereocenters. The van der Waals surface area contributed by atoms with Crippen LogP contribution in [0, 0.1) is 11.7 Å². The molecule has 3 rings (SSSR count). The van der Waals surface area contributed by atoms with Crippen LogP contribution >= 0.6 is 12.4 Å². The van der Waals surface area contributed by atoms with Crippen LogP contribution in [0.25, 0.3) is 11.0 Å². The predicted molar refractivity (Wildman–Crippen MR) is 84.4 cm³/mol. The molecule has 3 nitrogen and oxygen atoms in total. The summed E-state index contributed by atoms with van der Waals surface area (Å²) in [6.07, 6.45) is 4.59. The van der Waals surface area contributed by atoms with E-state index in [1.807, 2.05) is 0 Å². The van der Waals surface area contributed by atoms with Gasteiger partial charge in [-0.25, -0.2) is 4.39 Å². The molecule has 0 aliphatic carbocycles. The maximum atomic E-state index is 13.1. The van der Waals surface area contributed by atoms with Crippen molar-refractivity contribution in [2.75, 3.05) is 19.6 Å². The number of hydrogen-bond donors (Lipinski definition) is 0. The van der Waals surface area contributed by atoms with E-state index in [0.29, 0.717) is 5.58 Å². The van der Waals surface area contributed by atoms with Gasteiger partial charge in [-0.1, -0.05) is 12.1 Å². The number of hydrogen-bond acceptors (Lipinski definition) is 3.